The fraction of sp³-hybridized carbons (Fsp3) is 0.379. The number of hydrogen-bond acceptors (Lipinski definition) is 8. The highest BCUT2D eigenvalue weighted by Gasteiger charge is 2.26. The Hall–Kier alpha value is -3.32. The number of rotatable bonds is 15. The van der Waals surface area contributed by atoms with E-state index in [0.29, 0.717) is 36.2 Å². The van der Waals surface area contributed by atoms with Crippen molar-refractivity contribution in [2.75, 3.05) is 26.1 Å². The summed E-state index contributed by atoms with van der Waals surface area (Å²) in [4.78, 5) is 19.0. The molecule has 10 heteroatoms. The molecule has 1 aromatic heterocycles. The molecule has 3 rings (SSSR count). The lowest BCUT2D eigenvalue weighted by Crippen LogP contribution is -2.19. The molecule has 1 N–H and O–H groups in total. The maximum absolute atomic E-state index is 10.5. The second kappa shape index (κ2) is 14.7. The van der Waals surface area contributed by atoms with Crippen molar-refractivity contribution in [2.45, 2.75) is 50.3 Å². The quantitative estimate of drug-likeness (QED) is 0.128. The molecule has 0 spiro atoms. The molecule has 3 aromatic rings. The molecule has 0 aliphatic rings. The molecule has 0 amide bonds. The molecule has 0 saturated heterocycles. The molecule has 206 valence electrons. The molecule has 8 nitrogen and oxygen atoms in total. The maximum atomic E-state index is 10.5. The lowest BCUT2D eigenvalue weighted by Gasteiger charge is -2.27. The highest BCUT2D eigenvalue weighted by atomic mass is 35.5. The molecule has 0 aliphatic heterocycles. The summed E-state index contributed by atoms with van der Waals surface area (Å²) >= 11 is 8.07. The van der Waals surface area contributed by atoms with E-state index >= 15 is 0 Å². The summed E-state index contributed by atoms with van der Waals surface area (Å²) in [5.74, 6) is 0.129. The Morgan fingerprint density at radius 3 is 2.38 bits per heavy atom. The van der Waals surface area contributed by atoms with Crippen LogP contribution in [0.1, 0.15) is 55.4 Å². The first-order chi connectivity index (χ1) is 18.7. The highest BCUT2D eigenvalue weighted by molar-refractivity contribution is 7.98. The number of nitriles is 1. The van der Waals surface area contributed by atoms with Crippen molar-refractivity contribution in [1.82, 2.24) is 9.97 Å². The third kappa shape index (κ3) is 8.85. The number of carboxylic acids is 1. The lowest BCUT2D eigenvalue weighted by molar-refractivity contribution is -0.142. The number of hydrogen-bond donors (Lipinski definition) is 1. The van der Waals surface area contributed by atoms with Crippen LogP contribution in [-0.4, -0.2) is 47.1 Å². The molecular weight excluding hydrogens is 538 g/mol. The Balaban J connectivity index is 1.60. The van der Waals surface area contributed by atoms with Gasteiger partial charge in [0.2, 0.25) is 0 Å². The van der Waals surface area contributed by atoms with Gasteiger partial charge >= 0.3 is 5.97 Å². The number of halogens is 1. The largest absolute Gasteiger partial charge is 0.491 e. The van der Waals surface area contributed by atoms with Gasteiger partial charge in [-0.25, -0.2) is 14.8 Å². The summed E-state index contributed by atoms with van der Waals surface area (Å²) in [5.41, 5.74) is 2.78. The minimum atomic E-state index is -0.978. The topological polar surface area (TPSA) is 115 Å². The fourth-order valence-corrected chi connectivity index (χ4v) is 4.41. The molecule has 0 aliphatic carbocycles. The number of thioether (sulfide) groups is 1. The van der Waals surface area contributed by atoms with Gasteiger partial charge in [0.25, 0.3) is 0 Å². The number of aliphatic carboxylic acids is 1. The summed E-state index contributed by atoms with van der Waals surface area (Å²) in [7, 11) is 0. The van der Waals surface area contributed by atoms with Crippen molar-refractivity contribution in [2.24, 2.45) is 0 Å². The molecule has 0 atom stereocenters. The SMILES string of the molecule is CSc1ncc(COc2ccc(C(C)(C)c3cc(Cl)c(OCCCCCOCC(=O)O)c(C#N)c3)cc2)cn1. The van der Waals surface area contributed by atoms with Crippen LogP contribution in [0.2, 0.25) is 5.02 Å². The van der Waals surface area contributed by atoms with Crippen LogP contribution < -0.4 is 9.47 Å². The number of aromatic nitrogens is 2. The van der Waals surface area contributed by atoms with Gasteiger partial charge in [0.05, 0.1) is 17.2 Å². The molecular formula is C29H32ClN3O5S. The van der Waals surface area contributed by atoms with Crippen LogP contribution in [0.4, 0.5) is 0 Å². The molecule has 1 heterocycles. The van der Waals surface area contributed by atoms with Gasteiger partial charge in [-0.05, 0) is 60.9 Å². The van der Waals surface area contributed by atoms with Gasteiger partial charge in [0.1, 0.15) is 25.0 Å². The molecule has 0 radical (unpaired) electrons. The van der Waals surface area contributed by atoms with Gasteiger partial charge in [0, 0.05) is 30.0 Å². The van der Waals surface area contributed by atoms with E-state index in [1.807, 2.05) is 42.7 Å². The summed E-state index contributed by atoms with van der Waals surface area (Å²) in [6.45, 7) is 5.01. The van der Waals surface area contributed by atoms with Crippen LogP contribution in [0.3, 0.4) is 0 Å². The van der Waals surface area contributed by atoms with E-state index in [1.165, 1.54) is 11.8 Å². The van der Waals surface area contributed by atoms with Crippen LogP contribution in [-0.2, 0) is 21.6 Å². The first-order valence-corrected chi connectivity index (χ1v) is 14.1. The monoisotopic (exact) mass is 569 g/mol. The van der Waals surface area contributed by atoms with Gasteiger partial charge in [-0.1, -0.05) is 49.3 Å². The van der Waals surface area contributed by atoms with Crippen molar-refractivity contribution < 1.29 is 24.1 Å². The first kappa shape index (κ1) is 30.2. The molecule has 0 saturated carbocycles. The van der Waals surface area contributed by atoms with E-state index < -0.39 is 11.4 Å². The number of unbranched alkanes of at least 4 members (excludes halogenated alkanes) is 2. The van der Waals surface area contributed by atoms with Crippen molar-refractivity contribution >= 4 is 29.3 Å². The summed E-state index contributed by atoms with van der Waals surface area (Å²) in [6.07, 6.45) is 7.73. The minimum absolute atomic E-state index is 0.290. The fourth-order valence-electron chi connectivity index (χ4n) is 3.82. The van der Waals surface area contributed by atoms with Crippen molar-refractivity contribution in [3.05, 3.63) is 76.1 Å². The predicted molar refractivity (Wildman–Crippen MR) is 151 cm³/mol. The third-order valence-electron chi connectivity index (χ3n) is 6.14. The Morgan fingerprint density at radius 2 is 1.74 bits per heavy atom. The van der Waals surface area contributed by atoms with Gasteiger partial charge in [0.15, 0.2) is 10.9 Å². The van der Waals surface area contributed by atoms with Crippen molar-refractivity contribution in [1.29, 1.82) is 5.26 Å². The zero-order chi connectivity index (χ0) is 28.3. The Bertz CT molecular complexity index is 1280. The number of ether oxygens (including phenoxy) is 3. The third-order valence-corrected chi connectivity index (χ3v) is 6.99. The molecule has 0 unspecified atom stereocenters. The highest BCUT2D eigenvalue weighted by Crippen LogP contribution is 2.38. The van der Waals surface area contributed by atoms with E-state index in [4.69, 9.17) is 30.9 Å². The van der Waals surface area contributed by atoms with Crippen LogP contribution in [0.5, 0.6) is 11.5 Å². The average Bonchev–Trinajstić information content (AvgIpc) is 2.94. The normalized spacial score (nSPS) is 11.2. The second-order valence-corrected chi connectivity index (χ2v) is 10.5. The van der Waals surface area contributed by atoms with Gasteiger partial charge in [-0.15, -0.1) is 0 Å². The zero-order valence-corrected chi connectivity index (χ0v) is 23.8. The van der Waals surface area contributed by atoms with E-state index in [2.05, 4.69) is 29.9 Å². The Morgan fingerprint density at radius 1 is 1.05 bits per heavy atom. The van der Waals surface area contributed by atoms with Gasteiger partial charge in [-0.2, -0.15) is 5.26 Å². The molecule has 0 fully saturated rings. The first-order valence-electron chi connectivity index (χ1n) is 12.5. The van der Waals surface area contributed by atoms with Crippen LogP contribution in [0.15, 0.2) is 53.9 Å². The summed E-state index contributed by atoms with van der Waals surface area (Å²) in [5, 5.41) is 19.5. The zero-order valence-electron chi connectivity index (χ0n) is 22.3. The van der Waals surface area contributed by atoms with E-state index in [9.17, 15) is 10.1 Å². The average molecular weight is 570 g/mol. The van der Waals surface area contributed by atoms with Crippen LogP contribution in [0.25, 0.3) is 0 Å². The number of nitrogens with zero attached hydrogens (tertiary/aromatic N) is 3. The standard InChI is InChI=1S/C29H32ClN3O5S/c1-29(2,22-7-9-24(10-8-22)38-18-20-16-32-28(39-3)33-17-20)23-13-21(15-31)27(25(30)14-23)37-12-6-4-5-11-36-19-26(34)35/h7-10,13-14,16-17H,4-6,11-12,18-19H2,1-3H3,(H,34,35). The molecule has 39 heavy (non-hydrogen) atoms. The Labute approximate surface area is 238 Å². The van der Waals surface area contributed by atoms with E-state index in [-0.39, 0.29) is 6.61 Å². The van der Waals surface area contributed by atoms with E-state index in [1.54, 1.807) is 12.4 Å². The predicted octanol–water partition coefficient (Wildman–Crippen LogP) is 6.28. The van der Waals surface area contributed by atoms with Crippen molar-refractivity contribution in [3.63, 3.8) is 0 Å². The summed E-state index contributed by atoms with van der Waals surface area (Å²) < 4.78 is 16.8. The number of carbonyl (C=O) groups is 1. The molecule has 0 bridgehead atoms. The molecule has 2 aromatic carbocycles. The van der Waals surface area contributed by atoms with Gasteiger partial charge < -0.3 is 19.3 Å². The minimum Gasteiger partial charge on any atom is -0.491 e. The second-order valence-electron chi connectivity index (χ2n) is 9.32. The lowest BCUT2D eigenvalue weighted by atomic mass is 9.77. The summed E-state index contributed by atoms with van der Waals surface area (Å²) in [6, 6.07) is 13.7. The number of carboxylic acid groups (broad SMARTS) is 1. The van der Waals surface area contributed by atoms with E-state index in [0.717, 1.165) is 46.9 Å². The smallest absolute Gasteiger partial charge is 0.329 e. The Kier molecular flexibility index (Phi) is 11.4. The van der Waals surface area contributed by atoms with Crippen LogP contribution >= 0.6 is 23.4 Å². The maximum Gasteiger partial charge on any atom is 0.329 e. The van der Waals surface area contributed by atoms with Crippen LogP contribution in [0, 0.1) is 11.3 Å². The van der Waals surface area contributed by atoms with Gasteiger partial charge in [-0.3, -0.25) is 0 Å². The number of benzene rings is 2. The van der Waals surface area contributed by atoms with Crippen molar-refractivity contribution in [3.8, 4) is 17.6 Å².